The zero-order valence-corrected chi connectivity index (χ0v) is 18.9. The van der Waals surface area contributed by atoms with Crippen molar-refractivity contribution in [2.45, 2.75) is 16.9 Å². The molecule has 31 heavy (non-hydrogen) atoms. The lowest BCUT2D eigenvalue weighted by molar-refractivity contribution is -0.385. The van der Waals surface area contributed by atoms with E-state index >= 15 is 0 Å². The summed E-state index contributed by atoms with van der Waals surface area (Å²) in [6, 6.07) is 11.9. The Bertz CT molecular complexity index is 998. The molecule has 0 aliphatic carbocycles. The van der Waals surface area contributed by atoms with Crippen molar-refractivity contribution in [3.63, 3.8) is 0 Å². The van der Waals surface area contributed by atoms with Crippen LogP contribution >= 0.6 is 47.0 Å². The molecule has 0 spiro atoms. The number of alkyl halides is 3. The SMILES string of the molecule is CC(=O)Nc1ccc(NC(=S)N[C@@H](NC(=O)c2ccccc2[N+](=O)[O-])C(Cl)(Cl)Cl)cc1. The molecule has 2 aromatic rings. The molecule has 1 atom stereocenters. The first-order chi connectivity index (χ1) is 14.5. The van der Waals surface area contributed by atoms with Gasteiger partial charge in [-0.2, -0.15) is 0 Å². The second kappa shape index (κ2) is 10.6. The Morgan fingerprint density at radius 1 is 1.00 bits per heavy atom. The molecule has 9 nitrogen and oxygen atoms in total. The van der Waals surface area contributed by atoms with Crippen molar-refractivity contribution in [1.82, 2.24) is 10.6 Å². The number of nitrogens with zero attached hydrogens (tertiary/aromatic N) is 1. The number of halogens is 3. The van der Waals surface area contributed by atoms with Gasteiger partial charge in [0.25, 0.3) is 11.6 Å². The molecule has 0 heterocycles. The van der Waals surface area contributed by atoms with E-state index in [1.54, 1.807) is 24.3 Å². The minimum atomic E-state index is -2.04. The molecular weight excluding hydrogens is 489 g/mol. The van der Waals surface area contributed by atoms with Gasteiger partial charge in [-0.1, -0.05) is 46.9 Å². The Morgan fingerprint density at radius 3 is 2.06 bits per heavy atom. The highest BCUT2D eigenvalue weighted by Gasteiger charge is 2.36. The normalized spacial score (nSPS) is 11.7. The lowest BCUT2D eigenvalue weighted by atomic mass is 10.1. The molecule has 0 saturated heterocycles. The van der Waals surface area contributed by atoms with Gasteiger partial charge < -0.3 is 21.3 Å². The van der Waals surface area contributed by atoms with Gasteiger partial charge >= 0.3 is 0 Å². The van der Waals surface area contributed by atoms with Crippen molar-refractivity contribution in [1.29, 1.82) is 0 Å². The van der Waals surface area contributed by atoms with E-state index in [0.717, 1.165) is 0 Å². The third-order valence-electron chi connectivity index (χ3n) is 3.69. The quantitative estimate of drug-likeness (QED) is 0.154. The predicted octanol–water partition coefficient (Wildman–Crippen LogP) is 3.97. The Balaban J connectivity index is 2.10. The number of benzene rings is 2. The van der Waals surface area contributed by atoms with E-state index in [9.17, 15) is 19.7 Å². The predicted molar refractivity (Wildman–Crippen MR) is 125 cm³/mol. The summed E-state index contributed by atoms with van der Waals surface area (Å²) in [5.74, 6) is -1.05. The van der Waals surface area contributed by atoms with Gasteiger partial charge in [0, 0.05) is 24.4 Å². The second-order valence-electron chi connectivity index (χ2n) is 6.08. The summed E-state index contributed by atoms with van der Waals surface area (Å²) in [5.41, 5.74) is 0.538. The molecule has 0 radical (unpaired) electrons. The van der Waals surface area contributed by atoms with Crippen molar-refractivity contribution < 1.29 is 14.5 Å². The first-order valence-corrected chi connectivity index (χ1v) is 10.1. The topological polar surface area (TPSA) is 125 Å². The minimum Gasteiger partial charge on any atom is -0.339 e. The molecule has 0 fully saturated rings. The number of carbonyl (C=O) groups excluding carboxylic acids is 2. The summed E-state index contributed by atoms with van der Waals surface area (Å²) < 4.78 is -2.04. The highest BCUT2D eigenvalue weighted by molar-refractivity contribution is 7.80. The number of amides is 2. The summed E-state index contributed by atoms with van der Waals surface area (Å²) in [7, 11) is 0. The van der Waals surface area contributed by atoms with Gasteiger partial charge in [-0.05, 0) is 42.5 Å². The van der Waals surface area contributed by atoms with Gasteiger partial charge in [-0.15, -0.1) is 0 Å². The van der Waals surface area contributed by atoms with Gasteiger partial charge in [0.1, 0.15) is 11.7 Å². The van der Waals surface area contributed by atoms with E-state index in [0.29, 0.717) is 11.4 Å². The van der Waals surface area contributed by atoms with Gasteiger partial charge in [0.15, 0.2) is 5.11 Å². The summed E-state index contributed by atoms with van der Waals surface area (Å²) in [5, 5.41) is 21.7. The van der Waals surface area contributed by atoms with Crippen LogP contribution in [0.2, 0.25) is 0 Å². The van der Waals surface area contributed by atoms with E-state index in [1.165, 1.54) is 31.2 Å². The number of carbonyl (C=O) groups is 2. The molecule has 164 valence electrons. The molecule has 4 N–H and O–H groups in total. The fourth-order valence-corrected chi connectivity index (χ4v) is 2.93. The number of thiocarbonyl (C=S) groups is 1. The number of nitro groups is 1. The van der Waals surface area contributed by atoms with Crippen LogP contribution in [0.5, 0.6) is 0 Å². The summed E-state index contributed by atoms with van der Waals surface area (Å²) in [6.45, 7) is 1.39. The zero-order valence-electron chi connectivity index (χ0n) is 15.8. The molecule has 0 aliphatic rings. The summed E-state index contributed by atoms with van der Waals surface area (Å²) in [6.07, 6.45) is -1.32. The van der Waals surface area contributed by atoms with Crippen LogP contribution in [0.4, 0.5) is 17.1 Å². The van der Waals surface area contributed by atoms with E-state index in [4.69, 9.17) is 47.0 Å². The number of hydrogen-bond acceptors (Lipinski definition) is 5. The first kappa shape index (κ1) is 24.6. The molecule has 0 bridgehead atoms. The van der Waals surface area contributed by atoms with E-state index in [-0.39, 0.29) is 16.6 Å². The third kappa shape index (κ3) is 7.51. The molecule has 2 aromatic carbocycles. The van der Waals surface area contributed by atoms with Crippen molar-refractivity contribution >= 4 is 81.0 Å². The maximum Gasteiger partial charge on any atom is 0.282 e. The van der Waals surface area contributed by atoms with Crippen molar-refractivity contribution in [3.05, 3.63) is 64.2 Å². The Labute approximate surface area is 197 Å². The van der Waals surface area contributed by atoms with Crippen LogP contribution in [0.3, 0.4) is 0 Å². The Kier molecular flexibility index (Phi) is 8.40. The third-order valence-corrected chi connectivity index (χ3v) is 4.56. The minimum absolute atomic E-state index is 0.00598. The maximum atomic E-state index is 12.6. The number of para-hydroxylation sites is 1. The summed E-state index contributed by atoms with van der Waals surface area (Å²) in [4.78, 5) is 34.1. The van der Waals surface area contributed by atoms with Crippen LogP contribution in [0.25, 0.3) is 0 Å². The van der Waals surface area contributed by atoms with Crippen molar-refractivity contribution in [3.8, 4) is 0 Å². The average molecular weight is 505 g/mol. The standard InChI is InChI=1S/C18H16Cl3N5O4S/c1-10(27)22-11-6-8-12(9-7-11)23-17(31)25-16(18(19,20)21)24-15(28)13-4-2-3-5-14(13)26(29)30/h2-9,16H,1H3,(H,22,27)(H,24,28)(H2,23,25,31)/t16-/m1/s1. The van der Waals surface area contributed by atoms with Crippen LogP contribution in [-0.2, 0) is 4.79 Å². The van der Waals surface area contributed by atoms with Crippen molar-refractivity contribution in [2.24, 2.45) is 0 Å². The Hall–Kier alpha value is -2.66. The number of nitro benzene ring substituents is 1. The molecule has 13 heteroatoms. The van der Waals surface area contributed by atoms with E-state index < -0.39 is 26.5 Å². The summed E-state index contributed by atoms with van der Waals surface area (Å²) >= 11 is 23.0. The van der Waals surface area contributed by atoms with Crippen LogP contribution in [0, 0.1) is 10.1 Å². The number of hydrogen-bond donors (Lipinski definition) is 4. The average Bonchev–Trinajstić information content (AvgIpc) is 2.67. The Morgan fingerprint density at radius 2 is 1.55 bits per heavy atom. The highest BCUT2D eigenvalue weighted by atomic mass is 35.6. The second-order valence-corrected chi connectivity index (χ2v) is 8.86. The van der Waals surface area contributed by atoms with Gasteiger partial charge in [0.05, 0.1) is 4.92 Å². The molecule has 0 unspecified atom stereocenters. The van der Waals surface area contributed by atoms with Crippen LogP contribution in [0.15, 0.2) is 48.5 Å². The van der Waals surface area contributed by atoms with Gasteiger partial charge in [0.2, 0.25) is 9.70 Å². The number of rotatable bonds is 6. The molecule has 0 aliphatic heterocycles. The first-order valence-electron chi connectivity index (χ1n) is 8.53. The van der Waals surface area contributed by atoms with Gasteiger partial charge in [-0.3, -0.25) is 19.7 Å². The van der Waals surface area contributed by atoms with Crippen LogP contribution < -0.4 is 21.3 Å². The van der Waals surface area contributed by atoms with Crippen LogP contribution in [0.1, 0.15) is 17.3 Å². The number of nitrogens with one attached hydrogen (secondary N) is 4. The lowest BCUT2D eigenvalue weighted by Gasteiger charge is -2.27. The molecule has 0 aromatic heterocycles. The van der Waals surface area contributed by atoms with E-state index in [1.807, 2.05) is 0 Å². The zero-order chi connectivity index (χ0) is 23.2. The molecule has 2 rings (SSSR count). The highest BCUT2D eigenvalue weighted by Crippen LogP contribution is 2.30. The molecule has 0 saturated carbocycles. The van der Waals surface area contributed by atoms with Crippen LogP contribution in [-0.4, -0.2) is 31.8 Å². The number of anilines is 2. The monoisotopic (exact) mass is 503 g/mol. The fourth-order valence-electron chi connectivity index (χ4n) is 2.37. The molecule has 2 amide bonds. The largest absolute Gasteiger partial charge is 0.339 e. The molecular formula is C18H16Cl3N5O4S. The maximum absolute atomic E-state index is 12.6. The van der Waals surface area contributed by atoms with Crippen molar-refractivity contribution in [2.75, 3.05) is 10.6 Å². The smallest absolute Gasteiger partial charge is 0.282 e. The fraction of sp³-hybridized carbons (Fsp3) is 0.167. The van der Waals surface area contributed by atoms with Gasteiger partial charge in [-0.25, -0.2) is 0 Å². The lowest BCUT2D eigenvalue weighted by Crippen LogP contribution is -2.56. The van der Waals surface area contributed by atoms with E-state index in [2.05, 4.69) is 21.3 Å².